The van der Waals surface area contributed by atoms with Crippen LogP contribution in [0.3, 0.4) is 0 Å². The summed E-state index contributed by atoms with van der Waals surface area (Å²) >= 11 is 0. The van der Waals surface area contributed by atoms with Gasteiger partial charge in [-0.2, -0.15) is 0 Å². The van der Waals surface area contributed by atoms with Gasteiger partial charge in [-0.3, -0.25) is 4.79 Å². The summed E-state index contributed by atoms with van der Waals surface area (Å²) in [7, 11) is 3.68. The lowest BCUT2D eigenvalue weighted by Gasteiger charge is -2.32. The Morgan fingerprint density at radius 1 is 1.15 bits per heavy atom. The number of amides is 1. The van der Waals surface area contributed by atoms with Crippen LogP contribution in [0.5, 0.6) is 0 Å². The second-order valence-electron chi connectivity index (χ2n) is 6.12. The van der Waals surface area contributed by atoms with Gasteiger partial charge in [0, 0.05) is 19.8 Å². The molecule has 0 heterocycles. The third kappa shape index (κ3) is 3.75. The Kier molecular flexibility index (Phi) is 5.05. The van der Waals surface area contributed by atoms with E-state index in [1.165, 1.54) is 24.8 Å². The highest BCUT2D eigenvalue weighted by Gasteiger charge is 2.30. The van der Waals surface area contributed by atoms with E-state index >= 15 is 0 Å². The molecule has 3 heteroatoms. The summed E-state index contributed by atoms with van der Waals surface area (Å²) in [5.74, 6) is 0.650. The minimum absolute atomic E-state index is 0.0898. The van der Waals surface area contributed by atoms with E-state index in [1.807, 2.05) is 14.1 Å². The van der Waals surface area contributed by atoms with E-state index in [2.05, 4.69) is 36.5 Å². The van der Waals surface area contributed by atoms with Crippen molar-refractivity contribution in [3.05, 3.63) is 29.8 Å². The van der Waals surface area contributed by atoms with E-state index in [9.17, 15) is 4.79 Å². The maximum Gasteiger partial charge on any atom is 0.244 e. The van der Waals surface area contributed by atoms with Crippen LogP contribution < -0.4 is 5.32 Å². The van der Waals surface area contributed by atoms with Crippen LogP contribution in [0.25, 0.3) is 0 Å². The largest absolute Gasteiger partial charge is 0.373 e. The molecule has 0 saturated heterocycles. The van der Waals surface area contributed by atoms with E-state index < -0.39 is 0 Å². The van der Waals surface area contributed by atoms with Crippen LogP contribution in [0.1, 0.15) is 37.7 Å². The number of aryl methyl sites for hydroxylation is 1. The first-order valence-electron chi connectivity index (χ1n) is 7.62. The number of carbonyl (C=O) groups is 1. The number of nitrogens with one attached hydrogen (secondary N) is 1. The Hall–Kier alpha value is -1.51. The third-order valence-electron chi connectivity index (χ3n) is 4.20. The average Bonchev–Trinajstić information content (AvgIpc) is 2.47. The highest BCUT2D eigenvalue weighted by Crippen LogP contribution is 2.29. The highest BCUT2D eigenvalue weighted by atomic mass is 16.2. The fourth-order valence-corrected chi connectivity index (χ4v) is 2.96. The van der Waals surface area contributed by atoms with Crippen molar-refractivity contribution in [3.63, 3.8) is 0 Å². The molecule has 1 amide bonds. The molecule has 0 aromatic heterocycles. The fourth-order valence-electron chi connectivity index (χ4n) is 2.96. The highest BCUT2D eigenvalue weighted by molar-refractivity contribution is 5.84. The molecule has 1 aromatic carbocycles. The van der Waals surface area contributed by atoms with Crippen LogP contribution in [0, 0.1) is 12.8 Å². The summed E-state index contributed by atoms with van der Waals surface area (Å²) in [5, 5.41) is 3.47. The number of likely N-dealkylation sites (N-methyl/N-ethyl adjacent to an activating group) is 1. The Bertz CT molecular complexity index is 433. The Morgan fingerprint density at radius 2 is 1.75 bits per heavy atom. The normalized spacial score (nSPS) is 17.6. The molecule has 0 radical (unpaired) electrons. The summed E-state index contributed by atoms with van der Waals surface area (Å²) in [5.41, 5.74) is 2.28. The summed E-state index contributed by atoms with van der Waals surface area (Å²) in [6.07, 6.45) is 6.12. The van der Waals surface area contributed by atoms with E-state index in [4.69, 9.17) is 0 Å². The molecule has 0 bridgehead atoms. The molecule has 110 valence electrons. The quantitative estimate of drug-likeness (QED) is 0.912. The van der Waals surface area contributed by atoms with E-state index in [1.54, 1.807) is 4.90 Å². The lowest BCUT2D eigenvalue weighted by molar-refractivity contribution is -0.130. The van der Waals surface area contributed by atoms with E-state index in [0.29, 0.717) is 5.92 Å². The van der Waals surface area contributed by atoms with Gasteiger partial charge in [0.05, 0.1) is 0 Å². The van der Waals surface area contributed by atoms with Gasteiger partial charge in [0.15, 0.2) is 0 Å². The number of hydrogen-bond acceptors (Lipinski definition) is 2. The van der Waals surface area contributed by atoms with Gasteiger partial charge in [-0.05, 0) is 37.8 Å². The van der Waals surface area contributed by atoms with Crippen molar-refractivity contribution in [2.75, 3.05) is 19.4 Å². The van der Waals surface area contributed by atoms with Crippen molar-refractivity contribution >= 4 is 11.6 Å². The summed E-state index contributed by atoms with van der Waals surface area (Å²) in [6, 6.07) is 8.20. The van der Waals surface area contributed by atoms with E-state index in [-0.39, 0.29) is 11.9 Å². The molecule has 1 atom stereocenters. The lowest BCUT2D eigenvalue weighted by Crippen LogP contribution is -2.44. The Balaban J connectivity index is 2.13. The topological polar surface area (TPSA) is 32.3 Å². The molecule has 1 aliphatic rings. The van der Waals surface area contributed by atoms with Crippen molar-refractivity contribution in [2.45, 2.75) is 45.1 Å². The molecular weight excluding hydrogens is 248 g/mol. The molecule has 1 N–H and O–H groups in total. The van der Waals surface area contributed by atoms with Gasteiger partial charge in [-0.15, -0.1) is 0 Å². The maximum absolute atomic E-state index is 12.5. The minimum atomic E-state index is -0.0898. The van der Waals surface area contributed by atoms with Crippen molar-refractivity contribution in [1.29, 1.82) is 0 Å². The monoisotopic (exact) mass is 274 g/mol. The zero-order chi connectivity index (χ0) is 14.5. The maximum atomic E-state index is 12.5. The molecule has 1 aromatic rings. The summed E-state index contributed by atoms with van der Waals surface area (Å²) in [4.78, 5) is 14.2. The zero-order valence-corrected chi connectivity index (χ0v) is 12.9. The van der Waals surface area contributed by atoms with Crippen molar-refractivity contribution in [3.8, 4) is 0 Å². The minimum Gasteiger partial charge on any atom is -0.373 e. The number of hydrogen-bond donors (Lipinski definition) is 1. The van der Waals surface area contributed by atoms with Crippen LogP contribution >= 0.6 is 0 Å². The average molecular weight is 274 g/mol. The number of anilines is 1. The summed E-state index contributed by atoms with van der Waals surface area (Å²) in [6.45, 7) is 2.08. The van der Waals surface area contributed by atoms with Crippen LogP contribution in [-0.4, -0.2) is 30.9 Å². The predicted octanol–water partition coefficient (Wildman–Crippen LogP) is 3.44. The van der Waals surface area contributed by atoms with Crippen LogP contribution in [0.15, 0.2) is 24.3 Å². The van der Waals surface area contributed by atoms with Gasteiger partial charge >= 0.3 is 0 Å². The van der Waals surface area contributed by atoms with E-state index in [0.717, 1.165) is 18.5 Å². The first kappa shape index (κ1) is 14.9. The second kappa shape index (κ2) is 6.78. The van der Waals surface area contributed by atoms with Gasteiger partial charge in [0.25, 0.3) is 0 Å². The van der Waals surface area contributed by atoms with Gasteiger partial charge in [0.1, 0.15) is 6.04 Å². The van der Waals surface area contributed by atoms with Gasteiger partial charge in [0.2, 0.25) is 5.91 Å². The molecule has 1 fully saturated rings. The molecule has 0 spiro atoms. The molecule has 0 aliphatic heterocycles. The molecule has 20 heavy (non-hydrogen) atoms. The zero-order valence-electron chi connectivity index (χ0n) is 12.9. The lowest BCUT2D eigenvalue weighted by atomic mass is 9.83. The number of benzene rings is 1. The number of carbonyl (C=O) groups excluding carboxylic acids is 1. The Morgan fingerprint density at radius 3 is 2.30 bits per heavy atom. The third-order valence-corrected chi connectivity index (χ3v) is 4.20. The molecule has 3 nitrogen and oxygen atoms in total. The van der Waals surface area contributed by atoms with Crippen molar-refractivity contribution < 1.29 is 4.79 Å². The Labute approximate surface area is 122 Å². The predicted molar refractivity (Wildman–Crippen MR) is 83.9 cm³/mol. The van der Waals surface area contributed by atoms with Crippen molar-refractivity contribution in [2.24, 2.45) is 5.92 Å². The fraction of sp³-hybridized carbons (Fsp3) is 0.588. The summed E-state index contributed by atoms with van der Waals surface area (Å²) < 4.78 is 0. The van der Waals surface area contributed by atoms with Crippen molar-refractivity contribution in [1.82, 2.24) is 4.90 Å². The smallest absolute Gasteiger partial charge is 0.244 e. The standard InChI is InChI=1S/C17H26N2O/c1-13-9-11-15(12-10-13)18-16(17(20)19(2)3)14-7-5-4-6-8-14/h9-12,14,16,18H,4-8H2,1-3H3. The number of nitrogens with zero attached hydrogens (tertiary/aromatic N) is 1. The van der Waals surface area contributed by atoms with Gasteiger partial charge in [-0.25, -0.2) is 0 Å². The first-order chi connectivity index (χ1) is 9.58. The second-order valence-corrected chi connectivity index (χ2v) is 6.12. The first-order valence-corrected chi connectivity index (χ1v) is 7.62. The SMILES string of the molecule is Cc1ccc(NC(C(=O)N(C)C)C2CCCCC2)cc1. The van der Waals surface area contributed by atoms with Crippen LogP contribution in [0.2, 0.25) is 0 Å². The molecule has 1 unspecified atom stereocenters. The number of rotatable bonds is 4. The molecule has 2 rings (SSSR count). The van der Waals surface area contributed by atoms with Crippen LogP contribution in [-0.2, 0) is 4.79 Å². The molecule has 1 aliphatic carbocycles. The van der Waals surface area contributed by atoms with Gasteiger partial charge < -0.3 is 10.2 Å². The van der Waals surface area contributed by atoms with Gasteiger partial charge in [-0.1, -0.05) is 37.0 Å². The molecular formula is C17H26N2O. The van der Waals surface area contributed by atoms with Crippen LogP contribution in [0.4, 0.5) is 5.69 Å². The molecule has 1 saturated carbocycles.